The summed E-state index contributed by atoms with van der Waals surface area (Å²) in [7, 11) is -0.495. The third-order valence-electron chi connectivity index (χ3n) is 6.17. The predicted octanol–water partition coefficient (Wildman–Crippen LogP) is 1.13. The molecule has 0 saturated carbocycles. The van der Waals surface area contributed by atoms with Crippen LogP contribution in [0.1, 0.15) is 34.1 Å². The third kappa shape index (κ3) is 11.4. The summed E-state index contributed by atoms with van der Waals surface area (Å²) in [4.78, 5) is 49.6. The first kappa shape index (κ1) is 39.8. The Hall–Kier alpha value is -3.18. The molecule has 0 aliphatic carbocycles. The minimum atomic E-state index is -3.26. The highest BCUT2D eigenvalue weighted by Gasteiger charge is 2.59. The van der Waals surface area contributed by atoms with Gasteiger partial charge in [0.1, 0.15) is 5.41 Å². The molecule has 43 heavy (non-hydrogen) atoms. The molecule has 3 N–H and O–H groups in total. The minimum Gasteiger partial charge on any atom is -0.462 e. The second-order valence-electron chi connectivity index (χ2n) is 9.73. The van der Waals surface area contributed by atoms with Gasteiger partial charge in [-0.25, -0.2) is 19.2 Å². The molecule has 0 rings (SSSR count). The maximum absolute atomic E-state index is 13.2. The molecule has 0 fully saturated rings. The van der Waals surface area contributed by atoms with E-state index in [4.69, 9.17) is 32.2 Å². The van der Waals surface area contributed by atoms with Crippen molar-refractivity contribution in [1.82, 2.24) is 0 Å². The smallest absolute Gasteiger partial charge is 0.462 e. The number of carbonyl (C=O) groups excluding carboxylic acids is 4. The predicted molar refractivity (Wildman–Crippen MR) is 154 cm³/mol. The molecule has 1 unspecified atom stereocenters. The summed E-state index contributed by atoms with van der Waals surface area (Å²) < 4.78 is 37.8. The lowest BCUT2D eigenvalue weighted by atomic mass is 9.81. The summed E-state index contributed by atoms with van der Waals surface area (Å²) in [5.41, 5.74) is -2.30. The van der Waals surface area contributed by atoms with E-state index >= 15 is 0 Å². The van der Waals surface area contributed by atoms with Crippen molar-refractivity contribution in [3.63, 3.8) is 0 Å². The molecule has 244 valence electrons. The van der Waals surface area contributed by atoms with Gasteiger partial charge in [0.15, 0.2) is 6.61 Å². The second-order valence-corrected chi connectivity index (χ2v) is 12.7. The summed E-state index contributed by atoms with van der Waals surface area (Å²) in [6, 6.07) is 0.265. The largest absolute Gasteiger partial charge is 0.500 e. The van der Waals surface area contributed by atoms with E-state index in [1.807, 2.05) is 0 Å². The molecule has 15 heteroatoms. The van der Waals surface area contributed by atoms with Gasteiger partial charge in [-0.05, 0) is 40.2 Å². The van der Waals surface area contributed by atoms with Crippen LogP contribution in [0.5, 0.6) is 0 Å². The number of ether oxygens (including phenoxy) is 4. The van der Waals surface area contributed by atoms with Crippen LogP contribution in [-0.4, -0.2) is 108 Å². The SMILES string of the molecule is C=C(C)C(=O)OCCC[Si](OC)(OC)OC/C=C(\C)C(=O)OC(COC(=O)C(=C)C)(OC(=O)C(=C)C)C(CO)(CO)CO. The van der Waals surface area contributed by atoms with Crippen molar-refractivity contribution in [2.24, 2.45) is 5.41 Å². The topological polar surface area (TPSA) is 194 Å². The second kappa shape index (κ2) is 18.5. The van der Waals surface area contributed by atoms with Gasteiger partial charge < -0.3 is 47.5 Å². The molecule has 0 spiro atoms. The van der Waals surface area contributed by atoms with Gasteiger partial charge in [0.2, 0.25) is 0 Å². The zero-order chi connectivity index (χ0) is 33.4. The Morgan fingerprint density at radius 3 is 1.65 bits per heavy atom. The highest BCUT2D eigenvalue weighted by atomic mass is 28.4. The number of hydrogen-bond acceptors (Lipinski definition) is 14. The van der Waals surface area contributed by atoms with Gasteiger partial charge in [-0.15, -0.1) is 0 Å². The molecular weight excluding hydrogens is 588 g/mol. The fourth-order valence-corrected chi connectivity index (χ4v) is 5.01. The van der Waals surface area contributed by atoms with Gasteiger partial charge in [0, 0.05) is 42.6 Å². The zero-order valence-electron chi connectivity index (χ0n) is 25.7. The van der Waals surface area contributed by atoms with Crippen molar-refractivity contribution < 1.29 is 66.7 Å². The van der Waals surface area contributed by atoms with Gasteiger partial charge in [0.05, 0.1) is 33.0 Å². The van der Waals surface area contributed by atoms with E-state index in [1.54, 1.807) is 0 Å². The molecule has 0 saturated heterocycles. The fraction of sp³-hybridized carbons (Fsp3) is 0.571. The van der Waals surface area contributed by atoms with E-state index in [0.29, 0.717) is 6.42 Å². The van der Waals surface area contributed by atoms with Crippen LogP contribution in [0.3, 0.4) is 0 Å². The molecule has 0 aliphatic rings. The first-order valence-corrected chi connectivity index (χ1v) is 15.0. The van der Waals surface area contributed by atoms with E-state index in [2.05, 4.69) is 19.7 Å². The van der Waals surface area contributed by atoms with Crippen molar-refractivity contribution in [3.8, 4) is 0 Å². The van der Waals surface area contributed by atoms with Crippen molar-refractivity contribution in [3.05, 3.63) is 48.1 Å². The molecular formula is C28H44O14Si. The quantitative estimate of drug-likeness (QED) is 0.0407. The van der Waals surface area contributed by atoms with Crippen LogP contribution in [0.15, 0.2) is 48.1 Å². The van der Waals surface area contributed by atoms with Crippen LogP contribution >= 0.6 is 0 Å². The number of esters is 4. The van der Waals surface area contributed by atoms with Gasteiger partial charge in [-0.1, -0.05) is 19.7 Å². The Morgan fingerprint density at radius 1 is 0.744 bits per heavy atom. The highest BCUT2D eigenvalue weighted by Crippen LogP contribution is 2.38. The monoisotopic (exact) mass is 632 g/mol. The average Bonchev–Trinajstić information content (AvgIpc) is 2.97. The minimum absolute atomic E-state index is 0.0554. The third-order valence-corrected chi connectivity index (χ3v) is 8.98. The Bertz CT molecular complexity index is 1050. The van der Waals surface area contributed by atoms with Gasteiger partial charge >= 0.3 is 38.5 Å². The Balaban J connectivity index is 6.12. The van der Waals surface area contributed by atoms with E-state index < -0.39 is 70.3 Å². The van der Waals surface area contributed by atoms with Crippen LogP contribution in [0.4, 0.5) is 0 Å². The van der Waals surface area contributed by atoms with E-state index in [1.165, 1.54) is 48.0 Å². The molecule has 0 aromatic carbocycles. The van der Waals surface area contributed by atoms with E-state index in [-0.39, 0.29) is 41.6 Å². The number of aliphatic hydroxyl groups is 3. The van der Waals surface area contributed by atoms with Crippen molar-refractivity contribution in [2.75, 3.05) is 53.9 Å². The molecule has 0 aromatic rings. The van der Waals surface area contributed by atoms with E-state index in [0.717, 1.165) is 0 Å². The highest BCUT2D eigenvalue weighted by molar-refractivity contribution is 6.60. The zero-order valence-corrected chi connectivity index (χ0v) is 26.7. The molecule has 0 amide bonds. The lowest BCUT2D eigenvalue weighted by Gasteiger charge is -2.44. The van der Waals surface area contributed by atoms with Crippen LogP contribution in [-0.2, 0) is 51.4 Å². The van der Waals surface area contributed by atoms with Crippen LogP contribution in [0, 0.1) is 5.41 Å². The van der Waals surface area contributed by atoms with Gasteiger partial charge in [-0.3, -0.25) is 0 Å². The van der Waals surface area contributed by atoms with Gasteiger partial charge in [-0.2, -0.15) is 0 Å². The first-order valence-electron chi connectivity index (χ1n) is 13.1. The summed E-state index contributed by atoms with van der Waals surface area (Å²) in [6.45, 7) is 11.5. The van der Waals surface area contributed by atoms with Crippen LogP contribution in [0.25, 0.3) is 0 Å². The number of hydrogen-bond donors (Lipinski definition) is 3. The maximum atomic E-state index is 13.2. The van der Waals surface area contributed by atoms with Gasteiger partial charge in [0.25, 0.3) is 0 Å². The number of aliphatic hydroxyl groups excluding tert-OH is 3. The molecule has 1 atom stereocenters. The van der Waals surface area contributed by atoms with Crippen LogP contribution in [0.2, 0.25) is 6.04 Å². The maximum Gasteiger partial charge on any atom is 0.500 e. The number of rotatable bonds is 21. The van der Waals surface area contributed by atoms with Crippen molar-refractivity contribution in [2.45, 2.75) is 45.9 Å². The standard InChI is InChI=1S/C28H44O14Si/c1-19(2)23(32)38-12-10-14-43(36-8,37-9)40-13-11-22(7)26(35)42-28(41-25(34)21(5)6,18-39-24(33)20(3)4)27(15-29,16-30)17-31/h11,29-31H,1,3,5,10,12-18H2,2,4,6-9H3/b22-11+. The number of carbonyl (C=O) groups is 4. The Morgan fingerprint density at radius 2 is 1.21 bits per heavy atom. The molecule has 0 bridgehead atoms. The molecule has 14 nitrogen and oxygen atoms in total. The first-order chi connectivity index (χ1) is 20.0. The molecule has 0 heterocycles. The lowest BCUT2D eigenvalue weighted by Crippen LogP contribution is -2.63. The van der Waals surface area contributed by atoms with Crippen molar-refractivity contribution >= 4 is 32.7 Å². The summed E-state index contributed by atoms with van der Waals surface area (Å²) in [5.74, 6) is -6.48. The van der Waals surface area contributed by atoms with E-state index in [9.17, 15) is 34.5 Å². The lowest BCUT2D eigenvalue weighted by molar-refractivity contribution is -0.303. The van der Waals surface area contributed by atoms with Crippen molar-refractivity contribution in [1.29, 1.82) is 0 Å². The molecule has 0 aliphatic heterocycles. The normalized spacial score (nSPS) is 13.4. The fourth-order valence-electron chi connectivity index (χ4n) is 3.14. The Labute approximate surface area is 252 Å². The average molecular weight is 633 g/mol. The van der Waals surface area contributed by atoms with Crippen LogP contribution < -0.4 is 0 Å². The summed E-state index contributed by atoms with van der Waals surface area (Å²) in [6.07, 6.45) is 1.65. The summed E-state index contributed by atoms with van der Waals surface area (Å²) >= 11 is 0. The summed E-state index contributed by atoms with van der Waals surface area (Å²) in [5, 5.41) is 30.4. The molecule has 0 aromatic heterocycles. The Kier molecular flexibility index (Phi) is 17.1. The molecule has 0 radical (unpaired) electrons.